The summed E-state index contributed by atoms with van der Waals surface area (Å²) in [5, 5.41) is 0. The number of amides is 1. The topological polar surface area (TPSA) is 57.7 Å². The average Bonchev–Trinajstić information content (AvgIpc) is 2.58. The first-order valence-corrected chi connectivity index (χ1v) is 9.21. The zero-order valence-corrected chi connectivity index (χ0v) is 14.5. The lowest BCUT2D eigenvalue weighted by molar-refractivity contribution is 0.0993. The first-order valence-electron chi connectivity index (χ1n) is 7.36. The number of carbonyl (C=O) groups excluding carboxylic acids is 1. The Morgan fingerprint density at radius 2 is 1.62 bits per heavy atom. The molecule has 126 valence electrons. The first kappa shape index (κ1) is 17.7. The van der Waals surface area contributed by atoms with Crippen LogP contribution in [0.1, 0.15) is 10.4 Å². The third-order valence-electron chi connectivity index (χ3n) is 3.55. The van der Waals surface area contributed by atoms with Crippen LogP contribution in [0.3, 0.4) is 0 Å². The molecule has 0 aromatic heterocycles. The lowest BCUT2D eigenvalue weighted by Crippen LogP contribution is -2.30. The zero-order valence-electron chi connectivity index (χ0n) is 13.7. The van der Waals surface area contributed by atoms with Gasteiger partial charge in [0.05, 0.1) is 18.5 Å². The smallest absolute Gasteiger partial charge is 0.258 e. The van der Waals surface area contributed by atoms with E-state index in [-0.39, 0.29) is 12.5 Å². The molecule has 0 atom stereocenters. The third-order valence-corrected chi connectivity index (χ3v) is 4.71. The molecule has 5 nitrogen and oxygen atoms in total. The number of nitrogens with zero attached hydrogens (tertiary/aromatic N) is 2. The van der Waals surface area contributed by atoms with Crippen LogP contribution < -0.4 is 9.21 Å². The van der Waals surface area contributed by atoms with E-state index in [9.17, 15) is 13.2 Å². The summed E-state index contributed by atoms with van der Waals surface area (Å²) in [5.41, 5.74) is 1.77. The second-order valence-electron chi connectivity index (χ2n) is 5.33. The van der Waals surface area contributed by atoms with E-state index in [1.54, 1.807) is 36.2 Å². The Labute approximate surface area is 142 Å². The van der Waals surface area contributed by atoms with Gasteiger partial charge in [-0.2, -0.15) is 0 Å². The highest BCUT2D eigenvalue weighted by Crippen LogP contribution is 2.20. The standard InChI is InChI=1S/C18H20N2O3S/c1-4-14-20(24(3,22)23)17-12-10-15(11-13-17)18(21)19(2)16-8-6-5-7-9-16/h4-13H,1,14H2,2-3H3. The van der Waals surface area contributed by atoms with Gasteiger partial charge >= 0.3 is 0 Å². The quantitative estimate of drug-likeness (QED) is 0.757. The van der Waals surface area contributed by atoms with E-state index >= 15 is 0 Å². The SMILES string of the molecule is C=CCN(c1ccc(C(=O)N(C)c2ccccc2)cc1)S(C)(=O)=O. The van der Waals surface area contributed by atoms with Crippen molar-refractivity contribution >= 4 is 27.3 Å². The summed E-state index contributed by atoms with van der Waals surface area (Å²) < 4.78 is 24.9. The summed E-state index contributed by atoms with van der Waals surface area (Å²) in [7, 11) is -1.71. The summed E-state index contributed by atoms with van der Waals surface area (Å²) in [6, 6.07) is 15.8. The van der Waals surface area contributed by atoms with E-state index < -0.39 is 10.0 Å². The van der Waals surface area contributed by atoms with E-state index in [2.05, 4.69) is 6.58 Å². The highest BCUT2D eigenvalue weighted by molar-refractivity contribution is 7.92. The van der Waals surface area contributed by atoms with E-state index in [0.717, 1.165) is 11.9 Å². The van der Waals surface area contributed by atoms with E-state index in [1.807, 2.05) is 30.3 Å². The minimum atomic E-state index is -3.41. The Balaban J connectivity index is 2.25. The number of rotatable bonds is 6. The van der Waals surface area contributed by atoms with Crippen LogP contribution in [0.5, 0.6) is 0 Å². The maximum atomic E-state index is 12.5. The van der Waals surface area contributed by atoms with Crippen molar-refractivity contribution in [1.29, 1.82) is 0 Å². The molecule has 0 spiro atoms. The second kappa shape index (κ2) is 7.31. The molecule has 0 aliphatic carbocycles. The average molecular weight is 344 g/mol. The molecule has 0 saturated heterocycles. The number of anilines is 2. The van der Waals surface area contributed by atoms with Gasteiger partial charge in [0.25, 0.3) is 5.91 Å². The van der Waals surface area contributed by atoms with Crippen LogP contribution in [0, 0.1) is 0 Å². The van der Waals surface area contributed by atoms with Gasteiger partial charge in [-0.15, -0.1) is 6.58 Å². The maximum absolute atomic E-state index is 12.5. The van der Waals surface area contributed by atoms with Crippen LogP contribution in [0.4, 0.5) is 11.4 Å². The summed E-state index contributed by atoms with van der Waals surface area (Å²) >= 11 is 0. The molecule has 0 N–H and O–H groups in total. The van der Waals surface area contributed by atoms with Gasteiger partial charge in [-0.25, -0.2) is 8.42 Å². The largest absolute Gasteiger partial charge is 0.311 e. The monoisotopic (exact) mass is 344 g/mol. The van der Waals surface area contributed by atoms with Crippen LogP contribution in [-0.4, -0.2) is 34.2 Å². The molecule has 2 aromatic carbocycles. The summed E-state index contributed by atoms with van der Waals surface area (Å²) in [6.45, 7) is 3.75. The Morgan fingerprint density at radius 1 is 1.04 bits per heavy atom. The predicted octanol–water partition coefficient (Wildman–Crippen LogP) is 2.92. The van der Waals surface area contributed by atoms with Crippen LogP contribution in [0.2, 0.25) is 0 Å². The van der Waals surface area contributed by atoms with Gasteiger partial charge in [0.1, 0.15) is 0 Å². The molecule has 0 aliphatic rings. The minimum Gasteiger partial charge on any atom is -0.311 e. The Morgan fingerprint density at radius 3 is 2.12 bits per heavy atom. The second-order valence-corrected chi connectivity index (χ2v) is 7.24. The Kier molecular flexibility index (Phi) is 5.41. The Bertz CT molecular complexity index is 815. The first-order chi connectivity index (χ1) is 11.3. The van der Waals surface area contributed by atoms with Crippen molar-refractivity contribution in [3.63, 3.8) is 0 Å². The van der Waals surface area contributed by atoms with Gasteiger partial charge in [0, 0.05) is 18.3 Å². The summed E-state index contributed by atoms with van der Waals surface area (Å²) in [6.07, 6.45) is 2.65. The zero-order chi connectivity index (χ0) is 17.7. The molecule has 2 aromatic rings. The molecule has 0 aliphatic heterocycles. The number of para-hydroxylation sites is 1. The normalized spacial score (nSPS) is 10.9. The van der Waals surface area contributed by atoms with Crippen molar-refractivity contribution in [2.75, 3.05) is 29.1 Å². The van der Waals surface area contributed by atoms with Gasteiger partial charge in [-0.1, -0.05) is 24.3 Å². The van der Waals surface area contributed by atoms with Crippen molar-refractivity contribution < 1.29 is 13.2 Å². The van der Waals surface area contributed by atoms with Crippen molar-refractivity contribution in [2.24, 2.45) is 0 Å². The van der Waals surface area contributed by atoms with Crippen molar-refractivity contribution in [2.45, 2.75) is 0 Å². The molecule has 1 amide bonds. The molecular formula is C18H20N2O3S. The number of hydrogen-bond donors (Lipinski definition) is 0. The highest BCUT2D eigenvalue weighted by Gasteiger charge is 2.17. The van der Waals surface area contributed by atoms with Crippen LogP contribution in [0.25, 0.3) is 0 Å². The van der Waals surface area contributed by atoms with Gasteiger partial charge in [0.15, 0.2) is 0 Å². The molecule has 0 heterocycles. The van der Waals surface area contributed by atoms with Crippen molar-refractivity contribution in [1.82, 2.24) is 0 Å². The number of benzene rings is 2. The van der Waals surface area contributed by atoms with Crippen molar-refractivity contribution in [3.8, 4) is 0 Å². The molecule has 0 unspecified atom stereocenters. The number of hydrogen-bond acceptors (Lipinski definition) is 3. The Hall–Kier alpha value is -2.60. The number of carbonyl (C=O) groups is 1. The van der Waals surface area contributed by atoms with Crippen LogP contribution >= 0.6 is 0 Å². The molecule has 24 heavy (non-hydrogen) atoms. The summed E-state index contributed by atoms with van der Waals surface area (Å²) in [4.78, 5) is 14.1. The molecule has 6 heteroatoms. The fourth-order valence-electron chi connectivity index (χ4n) is 2.28. The van der Waals surface area contributed by atoms with Crippen LogP contribution in [-0.2, 0) is 10.0 Å². The summed E-state index contributed by atoms with van der Waals surface area (Å²) in [5.74, 6) is -0.164. The van der Waals surface area contributed by atoms with Gasteiger partial charge in [-0.05, 0) is 36.4 Å². The third kappa shape index (κ3) is 4.02. The minimum absolute atomic E-state index is 0.164. The molecular weight excluding hydrogens is 324 g/mol. The fourth-order valence-corrected chi connectivity index (χ4v) is 3.16. The highest BCUT2D eigenvalue weighted by atomic mass is 32.2. The van der Waals surface area contributed by atoms with E-state index in [4.69, 9.17) is 0 Å². The van der Waals surface area contributed by atoms with Crippen LogP contribution in [0.15, 0.2) is 67.3 Å². The maximum Gasteiger partial charge on any atom is 0.258 e. The van der Waals surface area contributed by atoms with E-state index in [1.165, 1.54) is 10.4 Å². The van der Waals surface area contributed by atoms with Gasteiger partial charge in [0.2, 0.25) is 10.0 Å². The van der Waals surface area contributed by atoms with Gasteiger partial charge in [-0.3, -0.25) is 9.10 Å². The number of sulfonamides is 1. The van der Waals surface area contributed by atoms with Crippen molar-refractivity contribution in [3.05, 3.63) is 72.8 Å². The lowest BCUT2D eigenvalue weighted by atomic mass is 10.1. The molecule has 0 radical (unpaired) electrons. The fraction of sp³-hybridized carbons (Fsp3) is 0.167. The lowest BCUT2D eigenvalue weighted by Gasteiger charge is -2.21. The molecule has 0 saturated carbocycles. The van der Waals surface area contributed by atoms with E-state index in [0.29, 0.717) is 11.3 Å². The molecule has 0 fully saturated rings. The molecule has 0 bridgehead atoms. The molecule has 2 rings (SSSR count). The van der Waals surface area contributed by atoms with Gasteiger partial charge < -0.3 is 4.90 Å². The predicted molar refractivity (Wildman–Crippen MR) is 98.0 cm³/mol.